The van der Waals surface area contributed by atoms with Crippen molar-refractivity contribution in [3.05, 3.63) is 0 Å². The third kappa shape index (κ3) is 3.00. The van der Waals surface area contributed by atoms with Crippen LogP contribution in [0.15, 0.2) is 0 Å². The first-order valence-electron chi connectivity index (χ1n) is 7.99. The largest absolute Gasteiger partial charge is 0.377 e. The van der Waals surface area contributed by atoms with Crippen LogP contribution in [0.3, 0.4) is 0 Å². The summed E-state index contributed by atoms with van der Waals surface area (Å²) in [6.07, 6.45) is 5.00. The highest BCUT2D eigenvalue weighted by Gasteiger charge is 2.46. The maximum Gasteiger partial charge on any atom is 0.242 e. The van der Waals surface area contributed by atoms with E-state index in [1.807, 2.05) is 11.8 Å². The first kappa shape index (κ1) is 14.3. The second-order valence-electron chi connectivity index (χ2n) is 6.78. The van der Waals surface area contributed by atoms with E-state index >= 15 is 0 Å². The lowest BCUT2D eigenvalue weighted by Gasteiger charge is -2.39. The van der Waals surface area contributed by atoms with Crippen LogP contribution in [0.4, 0.5) is 0 Å². The molecule has 0 aromatic carbocycles. The van der Waals surface area contributed by atoms with Crippen molar-refractivity contribution >= 4 is 5.91 Å². The molecular formula is C15H27N3O2. The highest BCUT2D eigenvalue weighted by atomic mass is 16.5. The van der Waals surface area contributed by atoms with Gasteiger partial charge in [-0.15, -0.1) is 0 Å². The molecule has 3 rings (SSSR count). The summed E-state index contributed by atoms with van der Waals surface area (Å²) in [7, 11) is 0. The zero-order valence-corrected chi connectivity index (χ0v) is 12.5. The summed E-state index contributed by atoms with van der Waals surface area (Å²) in [5, 5.41) is 0. The molecule has 114 valence electrons. The molecule has 5 nitrogen and oxygen atoms in total. The van der Waals surface area contributed by atoms with E-state index in [9.17, 15) is 4.79 Å². The van der Waals surface area contributed by atoms with E-state index in [-0.39, 0.29) is 5.91 Å². The summed E-state index contributed by atoms with van der Waals surface area (Å²) in [5.41, 5.74) is 5.60. The first-order chi connectivity index (χ1) is 9.57. The summed E-state index contributed by atoms with van der Waals surface area (Å²) >= 11 is 0. The Balaban J connectivity index is 1.46. The minimum atomic E-state index is -0.642. The van der Waals surface area contributed by atoms with Crippen LogP contribution in [-0.2, 0) is 9.53 Å². The summed E-state index contributed by atoms with van der Waals surface area (Å²) in [5.74, 6) is 0.552. The summed E-state index contributed by atoms with van der Waals surface area (Å²) in [4.78, 5) is 16.9. The topological polar surface area (TPSA) is 58.8 Å². The van der Waals surface area contributed by atoms with Crippen LogP contribution < -0.4 is 5.73 Å². The summed E-state index contributed by atoms with van der Waals surface area (Å²) < 4.78 is 5.68. The number of carbonyl (C=O) groups excluding carboxylic acids is 1. The number of piperazine rings is 1. The molecule has 2 N–H and O–H groups in total. The number of rotatable bonds is 4. The van der Waals surface area contributed by atoms with Crippen LogP contribution in [0.2, 0.25) is 0 Å². The number of hydrogen-bond donors (Lipinski definition) is 1. The van der Waals surface area contributed by atoms with Crippen LogP contribution >= 0.6 is 0 Å². The van der Waals surface area contributed by atoms with Crippen molar-refractivity contribution in [2.45, 2.75) is 44.2 Å². The molecule has 0 bridgehead atoms. The van der Waals surface area contributed by atoms with E-state index in [1.54, 1.807) is 0 Å². The predicted molar refractivity (Wildman–Crippen MR) is 77.3 cm³/mol. The zero-order valence-electron chi connectivity index (χ0n) is 12.5. The van der Waals surface area contributed by atoms with Gasteiger partial charge in [-0.25, -0.2) is 0 Å². The Morgan fingerprint density at radius 2 is 1.95 bits per heavy atom. The van der Waals surface area contributed by atoms with E-state index in [0.29, 0.717) is 12.0 Å². The van der Waals surface area contributed by atoms with Crippen molar-refractivity contribution < 1.29 is 9.53 Å². The lowest BCUT2D eigenvalue weighted by Crippen LogP contribution is -2.59. The van der Waals surface area contributed by atoms with E-state index in [2.05, 4.69) is 4.90 Å². The van der Waals surface area contributed by atoms with Crippen molar-refractivity contribution in [3.63, 3.8) is 0 Å². The molecular weight excluding hydrogens is 254 g/mol. The summed E-state index contributed by atoms with van der Waals surface area (Å²) in [6, 6.07) is 0. The Morgan fingerprint density at radius 1 is 1.25 bits per heavy atom. The van der Waals surface area contributed by atoms with Crippen molar-refractivity contribution in [1.82, 2.24) is 9.80 Å². The van der Waals surface area contributed by atoms with Crippen molar-refractivity contribution in [3.8, 4) is 0 Å². The van der Waals surface area contributed by atoms with Crippen LogP contribution in [0.5, 0.6) is 0 Å². The molecule has 0 spiro atoms. The fourth-order valence-electron chi connectivity index (χ4n) is 3.41. The zero-order chi connectivity index (χ0) is 14.2. The Hall–Kier alpha value is -0.650. The Labute approximate surface area is 121 Å². The number of amides is 1. The van der Waals surface area contributed by atoms with Crippen LogP contribution in [0, 0.1) is 5.92 Å². The number of ether oxygens (including phenoxy) is 1. The maximum absolute atomic E-state index is 12.5. The number of nitrogens with two attached hydrogens (primary N) is 1. The van der Waals surface area contributed by atoms with Gasteiger partial charge in [0.05, 0.1) is 11.6 Å². The van der Waals surface area contributed by atoms with Gasteiger partial charge in [0, 0.05) is 39.3 Å². The smallest absolute Gasteiger partial charge is 0.242 e. The average Bonchev–Trinajstić information content (AvgIpc) is 3.19. The summed E-state index contributed by atoms with van der Waals surface area (Å²) in [6.45, 7) is 7.36. The molecule has 2 heterocycles. The molecule has 2 unspecified atom stereocenters. The van der Waals surface area contributed by atoms with Crippen molar-refractivity contribution in [2.24, 2.45) is 11.7 Å². The normalized spacial score (nSPS) is 31.3. The van der Waals surface area contributed by atoms with E-state index in [4.69, 9.17) is 10.5 Å². The molecule has 2 saturated heterocycles. The van der Waals surface area contributed by atoms with Gasteiger partial charge in [-0.3, -0.25) is 9.69 Å². The van der Waals surface area contributed by atoms with Gasteiger partial charge in [0.15, 0.2) is 0 Å². The second kappa shape index (κ2) is 5.62. The van der Waals surface area contributed by atoms with Gasteiger partial charge in [0.25, 0.3) is 0 Å². The van der Waals surface area contributed by atoms with Crippen LogP contribution in [0.1, 0.15) is 32.6 Å². The van der Waals surface area contributed by atoms with Gasteiger partial charge in [-0.05, 0) is 38.5 Å². The van der Waals surface area contributed by atoms with E-state index in [0.717, 1.165) is 52.2 Å². The minimum Gasteiger partial charge on any atom is -0.377 e. The Kier molecular flexibility index (Phi) is 4.02. The Morgan fingerprint density at radius 3 is 2.50 bits per heavy atom. The predicted octanol–water partition coefficient (Wildman–Crippen LogP) is 0.437. The standard InChI is InChI=1S/C15H27N3O2/c1-15(16,12-4-5-12)14(19)18-8-6-17(7-9-18)11-13-3-2-10-20-13/h12-13H,2-11,16H2,1H3. The molecule has 0 aromatic heterocycles. The van der Waals surface area contributed by atoms with E-state index in [1.165, 1.54) is 12.8 Å². The molecule has 1 saturated carbocycles. The SMILES string of the molecule is CC(N)(C(=O)N1CCN(CC2CCCO2)CC1)C1CC1. The van der Waals surface area contributed by atoms with Gasteiger partial charge in [-0.2, -0.15) is 0 Å². The highest BCUT2D eigenvalue weighted by molar-refractivity contribution is 5.86. The fourth-order valence-corrected chi connectivity index (χ4v) is 3.41. The molecule has 0 aromatic rings. The molecule has 0 radical (unpaired) electrons. The molecule has 3 aliphatic rings. The van der Waals surface area contributed by atoms with Gasteiger partial charge in [-0.1, -0.05) is 0 Å². The number of hydrogen-bond acceptors (Lipinski definition) is 4. The molecule has 20 heavy (non-hydrogen) atoms. The lowest BCUT2D eigenvalue weighted by atomic mass is 9.95. The highest BCUT2D eigenvalue weighted by Crippen LogP contribution is 2.39. The van der Waals surface area contributed by atoms with Gasteiger partial charge < -0.3 is 15.4 Å². The molecule has 2 aliphatic heterocycles. The Bertz CT molecular complexity index is 354. The quantitative estimate of drug-likeness (QED) is 0.812. The first-order valence-corrected chi connectivity index (χ1v) is 7.99. The molecule has 3 fully saturated rings. The van der Waals surface area contributed by atoms with Gasteiger partial charge in [0.1, 0.15) is 0 Å². The molecule has 1 amide bonds. The average molecular weight is 281 g/mol. The third-order valence-corrected chi connectivity index (χ3v) is 5.03. The van der Waals surface area contributed by atoms with Gasteiger partial charge >= 0.3 is 0 Å². The second-order valence-corrected chi connectivity index (χ2v) is 6.78. The fraction of sp³-hybridized carbons (Fsp3) is 0.933. The van der Waals surface area contributed by atoms with E-state index < -0.39 is 5.54 Å². The molecule has 2 atom stereocenters. The van der Waals surface area contributed by atoms with Crippen molar-refractivity contribution in [2.75, 3.05) is 39.3 Å². The third-order valence-electron chi connectivity index (χ3n) is 5.03. The maximum atomic E-state index is 12.5. The molecule has 1 aliphatic carbocycles. The van der Waals surface area contributed by atoms with Crippen molar-refractivity contribution in [1.29, 1.82) is 0 Å². The lowest BCUT2D eigenvalue weighted by molar-refractivity contribution is -0.139. The monoisotopic (exact) mass is 281 g/mol. The molecule has 5 heteroatoms. The van der Waals surface area contributed by atoms with Crippen LogP contribution in [-0.4, -0.2) is 66.7 Å². The van der Waals surface area contributed by atoms with Crippen LogP contribution in [0.25, 0.3) is 0 Å². The number of nitrogens with zero attached hydrogens (tertiary/aromatic N) is 2. The minimum absolute atomic E-state index is 0.150. The number of carbonyl (C=O) groups is 1. The van der Waals surface area contributed by atoms with Gasteiger partial charge in [0.2, 0.25) is 5.91 Å².